The third kappa shape index (κ3) is 3.87. The van der Waals surface area contributed by atoms with Crippen LogP contribution in [0.1, 0.15) is 19.3 Å². The lowest BCUT2D eigenvalue weighted by Gasteiger charge is -2.23. The lowest BCUT2D eigenvalue weighted by molar-refractivity contribution is 0.0931. The minimum Gasteiger partial charge on any atom is -0.495 e. The number of benzene rings is 1. The average Bonchev–Trinajstić information content (AvgIpc) is 2.71. The first-order chi connectivity index (χ1) is 9.95. The molecule has 0 spiro atoms. The number of ether oxygens (including phenoxy) is 2. The van der Waals surface area contributed by atoms with Gasteiger partial charge in [0.05, 0.1) is 13.2 Å². The fourth-order valence-electron chi connectivity index (χ4n) is 2.64. The second-order valence-corrected chi connectivity index (χ2v) is 6.69. The third-order valence-electron chi connectivity index (χ3n) is 3.83. The number of hydrogen-bond donors (Lipinski definition) is 1. The highest BCUT2D eigenvalue weighted by Crippen LogP contribution is 2.29. The van der Waals surface area contributed by atoms with Gasteiger partial charge in [0, 0.05) is 25.9 Å². The number of nitrogens with zero attached hydrogens (tertiary/aromatic N) is 1. The van der Waals surface area contributed by atoms with Gasteiger partial charge in [0.1, 0.15) is 10.6 Å². The van der Waals surface area contributed by atoms with E-state index in [1.807, 2.05) is 6.07 Å². The molecule has 2 rings (SSSR count). The summed E-state index contributed by atoms with van der Waals surface area (Å²) in [6, 6.07) is 5.09. The molecule has 2 N–H and O–H groups in total. The fourth-order valence-corrected chi connectivity index (χ4v) is 3.36. The van der Waals surface area contributed by atoms with Gasteiger partial charge in [-0.05, 0) is 37.5 Å². The van der Waals surface area contributed by atoms with Crippen molar-refractivity contribution in [2.45, 2.75) is 30.3 Å². The van der Waals surface area contributed by atoms with Crippen molar-refractivity contribution in [1.82, 2.24) is 0 Å². The van der Waals surface area contributed by atoms with Crippen molar-refractivity contribution in [3.8, 4) is 5.75 Å². The van der Waals surface area contributed by atoms with E-state index >= 15 is 0 Å². The number of methoxy groups -OCH3 is 2. The maximum absolute atomic E-state index is 11.7. The molecule has 21 heavy (non-hydrogen) atoms. The zero-order valence-corrected chi connectivity index (χ0v) is 13.2. The predicted octanol–water partition coefficient (Wildman–Crippen LogP) is 1.35. The van der Waals surface area contributed by atoms with Gasteiger partial charge in [0.2, 0.25) is 10.0 Å². The maximum Gasteiger partial charge on any atom is 0.241 e. The molecular weight excluding hydrogens is 292 g/mol. The molecule has 0 aromatic heterocycles. The van der Waals surface area contributed by atoms with E-state index in [1.54, 1.807) is 19.2 Å². The maximum atomic E-state index is 11.7. The molecular formula is C14H22N2O4S. The molecule has 7 heteroatoms. The van der Waals surface area contributed by atoms with Crippen molar-refractivity contribution in [1.29, 1.82) is 0 Å². The van der Waals surface area contributed by atoms with Gasteiger partial charge in [-0.25, -0.2) is 13.6 Å². The summed E-state index contributed by atoms with van der Waals surface area (Å²) in [6.45, 7) is 1.70. The van der Waals surface area contributed by atoms with Crippen molar-refractivity contribution in [3.05, 3.63) is 18.2 Å². The largest absolute Gasteiger partial charge is 0.495 e. The Morgan fingerprint density at radius 2 is 2.00 bits per heavy atom. The lowest BCUT2D eigenvalue weighted by Crippen LogP contribution is -2.25. The lowest BCUT2D eigenvalue weighted by atomic mass is 10.2. The molecule has 0 radical (unpaired) electrons. The Balaban J connectivity index is 2.28. The van der Waals surface area contributed by atoms with Gasteiger partial charge >= 0.3 is 0 Å². The predicted molar refractivity (Wildman–Crippen MR) is 81.2 cm³/mol. The van der Waals surface area contributed by atoms with E-state index in [9.17, 15) is 8.42 Å². The van der Waals surface area contributed by atoms with E-state index in [-0.39, 0.29) is 16.7 Å². The fraction of sp³-hybridized carbons (Fsp3) is 0.571. The number of hydrogen-bond acceptors (Lipinski definition) is 5. The molecule has 1 aromatic carbocycles. The Hall–Kier alpha value is -1.31. The van der Waals surface area contributed by atoms with Crippen LogP contribution in [0.25, 0.3) is 0 Å². The van der Waals surface area contributed by atoms with Gasteiger partial charge in [-0.3, -0.25) is 0 Å². The van der Waals surface area contributed by atoms with Gasteiger partial charge in [-0.1, -0.05) is 0 Å². The molecule has 118 valence electrons. The standard InChI is InChI=1S/C14H22N2O4S/c1-19-12-4-3-8-16(9-7-12)11-5-6-13(20-2)14(10-11)21(15,17)18/h5-6,10,12H,3-4,7-9H2,1-2H3,(H2,15,17,18). The van der Waals surface area contributed by atoms with Crippen LogP contribution < -0.4 is 14.8 Å². The second-order valence-electron chi connectivity index (χ2n) is 5.16. The van der Waals surface area contributed by atoms with Crippen LogP contribution in [0.2, 0.25) is 0 Å². The molecule has 1 heterocycles. The van der Waals surface area contributed by atoms with Crippen LogP contribution >= 0.6 is 0 Å². The molecule has 6 nitrogen and oxygen atoms in total. The van der Waals surface area contributed by atoms with Gasteiger partial charge in [-0.15, -0.1) is 0 Å². The Kier molecular flexibility index (Phi) is 5.08. The Morgan fingerprint density at radius 1 is 1.24 bits per heavy atom. The third-order valence-corrected chi connectivity index (χ3v) is 4.76. The van der Waals surface area contributed by atoms with Crippen LogP contribution in [0.5, 0.6) is 5.75 Å². The molecule has 0 saturated carbocycles. The summed E-state index contributed by atoms with van der Waals surface area (Å²) < 4.78 is 33.8. The summed E-state index contributed by atoms with van der Waals surface area (Å²) in [6.07, 6.45) is 3.22. The van der Waals surface area contributed by atoms with Gasteiger partial charge < -0.3 is 14.4 Å². The summed E-state index contributed by atoms with van der Waals surface area (Å²) in [4.78, 5) is 2.18. The molecule has 0 bridgehead atoms. The topological polar surface area (TPSA) is 81.9 Å². The van der Waals surface area contributed by atoms with Crippen molar-refractivity contribution in [2.24, 2.45) is 5.14 Å². The Labute approximate surface area is 125 Å². The van der Waals surface area contributed by atoms with Crippen molar-refractivity contribution in [2.75, 3.05) is 32.2 Å². The van der Waals surface area contributed by atoms with Gasteiger partial charge in [0.25, 0.3) is 0 Å². The van der Waals surface area contributed by atoms with Gasteiger partial charge in [-0.2, -0.15) is 0 Å². The smallest absolute Gasteiger partial charge is 0.241 e. The number of rotatable bonds is 4. The zero-order chi connectivity index (χ0) is 15.5. The van der Waals surface area contributed by atoms with Crippen LogP contribution in [0.3, 0.4) is 0 Å². The monoisotopic (exact) mass is 314 g/mol. The van der Waals surface area contributed by atoms with E-state index in [0.717, 1.165) is 38.0 Å². The van der Waals surface area contributed by atoms with E-state index in [2.05, 4.69) is 4.90 Å². The highest BCUT2D eigenvalue weighted by molar-refractivity contribution is 7.89. The van der Waals surface area contributed by atoms with E-state index in [0.29, 0.717) is 0 Å². The first-order valence-electron chi connectivity index (χ1n) is 6.94. The second kappa shape index (κ2) is 6.64. The van der Waals surface area contributed by atoms with E-state index in [1.165, 1.54) is 7.11 Å². The van der Waals surface area contributed by atoms with Crippen LogP contribution in [-0.4, -0.2) is 41.8 Å². The zero-order valence-electron chi connectivity index (χ0n) is 12.4. The SMILES string of the molecule is COc1ccc(N2CCCC(OC)CC2)cc1S(N)(=O)=O. The first-order valence-corrected chi connectivity index (χ1v) is 8.49. The molecule has 1 atom stereocenters. The van der Waals surface area contributed by atoms with Crippen molar-refractivity contribution in [3.63, 3.8) is 0 Å². The Bertz CT molecular complexity index is 589. The number of anilines is 1. The first kappa shape index (κ1) is 16.1. The van der Waals surface area contributed by atoms with E-state index in [4.69, 9.17) is 14.6 Å². The van der Waals surface area contributed by atoms with Crippen molar-refractivity contribution >= 4 is 15.7 Å². The molecule has 1 aromatic rings. The molecule has 1 aliphatic rings. The van der Waals surface area contributed by atoms with Crippen molar-refractivity contribution < 1.29 is 17.9 Å². The Morgan fingerprint density at radius 3 is 2.62 bits per heavy atom. The van der Waals surface area contributed by atoms with Gasteiger partial charge in [0.15, 0.2) is 0 Å². The average molecular weight is 314 g/mol. The molecule has 1 saturated heterocycles. The summed E-state index contributed by atoms with van der Waals surface area (Å²) >= 11 is 0. The van der Waals surface area contributed by atoms with Crippen LogP contribution in [0, 0.1) is 0 Å². The summed E-state index contributed by atoms with van der Waals surface area (Å²) in [7, 11) is -0.649. The summed E-state index contributed by atoms with van der Waals surface area (Å²) in [5.74, 6) is 0.269. The number of sulfonamides is 1. The molecule has 1 unspecified atom stereocenters. The summed E-state index contributed by atoms with van der Waals surface area (Å²) in [5, 5.41) is 5.26. The molecule has 0 aliphatic carbocycles. The highest BCUT2D eigenvalue weighted by Gasteiger charge is 2.20. The quantitative estimate of drug-likeness (QED) is 0.907. The van der Waals surface area contributed by atoms with E-state index < -0.39 is 10.0 Å². The normalized spacial score (nSPS) is 20.1. The minimum absolute atomic E-state index is 0.0232. The van der Waals surface area contributed by atoms with Crippen LogP contribution in [0.15, 0.2) is 23.1 Å². The summed E-state index contributed by atoms with van der Waals surface area (Å²) in [5.41, 5.74) is 0.844. The number of nitrogens with two attached hydrogens (primary N) is 1. The molecule has 0 amide bonds. The minimum atomic E-state index is -3.81. The molecule has 1 fully saturated rings. The van der Waals surface area contributed by atoms with Crippen LogP contribution in [-0.2, 0) is 14.8 Å². The highest BCUT2D eigenvalue weighted by atomic mass is 32.2. The molecule has 1 aliphatic heterocycles. The van der Waals surface area contributed by atoms with Crippen LogP contribution in [0.4, 0.5) is 5.69 Å². The number of primary sulfonamides is 1.